The molecule has 1 aromatic heterocycles. The van der Waals surface area contributed by atoms with E-state index in [4.69, 9.17) is 23.1 Å². The van der Waals surface area contributed by atoms with E-state index in [2.05, 4.69) is 15.4 Å². The number of nitrogen functional groups attached to an aromatic ring is 1. The molecule has 0 aliphatic heterocycles. The van der Waals surface area contributed by atoms with Gasteiger partial charge in [0.25, 0.3) is 5.91 Å². The third kappa shape index (κ3) is 4.72. The van der Waals surface area contributed by atoms with Crippen LogP contribution in [0.25, 0.3) is 0 Å². The molecule has 0 spiro atoms. The monoisotopic (exact) mass is 396 g/mol. The average Bonchev–Trinajstić information content (AvgIpc) is 3.02. The van der Waals surface area contributed by atoms with Gasteiger partial charge in [-0.2, -0.15) is 0 Å². The summed E-state index contributed by atoms with van der Waals surface area (Å²) in [6, 6.07) is 5.04. The van der Waals surface area contributed by atoms with Crippen LogP contribution in [0.15, 0.2) is 29.6 Å². The summed E-state index contributed by atoms with van der Waals surface area (Å²) >= 11 is 6.95. The number of anilines is 2. The fraction of sp³-hybridized carbons (Fsp3) is 0.188. The maximum Gasteiger partial charge on any atom is 0.414 e. The van der Waals surface area contributed by atoms with E-state index >= 15 is 0 Å². The van der Waals surface area contributed by atoms with Gasteiger partial charge < -0.3 is 21.5 Å². The number of ether oxygens (including phenoxy) is 1. The zero-order chi connectivity index (χ0) is 19.3. The smallest absolute Gasteiger partial charge is 0.414 e. The molecule has 6 N–H and O–H groups in total. The van der Waals surface area contributed by atoms with Crippen LogP contribution in [0.4, 0.5) is 15.5 Å². The quantitative estimate of drug-likeness (QED) is 0.573. The lowest BCUT2D eigenvalue weighted by atomic mass is 10.1. The number of benzene rings is 1. The Labute approximate surface area is 158 Å². The molecule has 0 bridgehead atoms. The minimum absolute atomic E-state index is 0.118. The highest BCUT2D eigenvalue weighted by Gasteiger charge is 2.22. The number of rotatable bonds is 5. The molecule has 10 heteroatoms. The Morgan fingerprint density at radius 2 is 2.04 bits per heavy atom. The number of imide groups is 1. The van der Waals surface area contributed by atoms with Crippen LogP contribution in [0, 0.1) is 0 Å². The number of thiophene rings is 1. The summed E-state index contributed by atoms with van der Waals surface area (Å²) in [6.45, 7) is 1.74. The van der Waals surface area contributed by atoms with Crippen LogP contribution in [-0.2, 0) is 9.53 Å². The van der Waals surface area contributed by atoms with Crippen molar-refractivity contribution in [3.8, 4) is 0 Å². The summed E-state index contributed by atoms with van der Waals surface area (Å²) in [5.41, 5.74) is 12.6. The molecule has 0 fully saturated rings. The molecule has 0 radical (unpaired) electrons. The minimum atomic E-state index is -1.06. The fourth-order valence-electron chi connectivity index (χ4n) is 2.07. The fourth-order valence-corrected chi connectivity index (χ4v) is 3.04. The van der Waals surface area contributed by atoms with Crippen molar-refractivity contribution in [1.82, 2.24) is 5.32 Å². The molecule has 0 saturated heterocycles. The summed E-state index contributed by atoms with van der Waals surface area (Å²) in [7, 11) is 0. The number of alkyl carbamates (subject to hydrolysis) is 1. The first kappa shape index (κ1) is 19.7. The second-order valence-electron chi connectivity index (χ2n) is 5.08. The maximum atomic E-state index is 12.4. The van der Waals surface area contributed by atoms with Crippen LogP contribution in [0.2, 0.25) is 5.02 Å². The predicted octanol–water partition coefficient (Wildman–Crippen LogP) is 2.51. The van der Waals surface area contributed by atoms with Gasteiger partial charge in [0.1, 0.15) is 11.0 Å². The molecule has 2 rings (SSSR count). The highest BCUT2D eigenvalue weighted by molar-refractivity contribution is 7.14. The largest absolute Gasteiger partial charge is 0.450 e. The van der Waals surface area contributed by atoms with Crippen LogP contribution in [0.3, 0.4) is 0 Å². The number of carbonyl (C=O) groups excluding carboxylic acids is 3. The van der Waals surface area contributed by atoms with Gasteiger partial charge >= 0.3 is 6.09 Å². The number of halogens is 1. The molecular weight excluding hydrogens is 380 g/mol. The molecule has 1 aromatic carbocycles. The molecule has 1 atom stereocenters. The predicted molar refractivity (Wildman–Crippen MR) is 100 cm³/mol. The van der Waals surface area contributed by atoms with E-state index in [0.717, 1.165) is 11.3 Å². The van der Waals surface area contributed by atoms with E-state index < -0.39 is 23.9 Å². The molecule has 3 amide bonds. The van der Waals surface area contributed by atoms with Crippen LogP contribution < -0.4 is 22.1 Å². The first-order valence-electron chi connectivity index (χ1n) is 7.50. The van der Waals surface area contributed by atoms with Gasteiger partial charge in [0.05, 0.1) is 12.2 Å². The number of hydrogen-bond donors (Lipinski definition) is 4. The molecule has 2 aromatic rings. The van der Waals surface area contributed by atoms with Crippen molar-refractivity contribution in [3.63, 3.8) is 0 Å². The Morgan fingerprint density at radius 1 is 1.31 bits per heavy atom. The molecular formula is C16H17ClN4O4S. The van der Waals surface area contributed by atoms with Gasteiger partial charge in [-0.05, 0) is 30.5 Å². The van der Waals surface area contributed by atoms with Gasteiger partial charge in [-0.3, -0.25) is 14.9 Å². The summed E-state index contributed by atoms with van der Waals surface area (Å²) in [5.74, 6) is -1.26. The molecule has 0 aliphatic carbocycles. The molecule has 138 valence electrons. The summed E-state index contributed by atoms with van der Waals surface area (Å²) in [4.78, 5) is 35.9. The van der Waals surface area contributed by atoms with Gasteiger partial charge in [0.15, 0.2) is 0 Å². The van der Waals surface area contributed by atoms with Crippen LogP contribution in [0.5, 0.6) is 0 Å². The van der Waals surface area contributed by atoms with E-state index in [0.29, 0.717) is 10.6 Å². The van der Waals surface area contributed by atoms with Gasteiger partial charge in [-0.15, -0.1) is 11.3 Å². The van der Waals surface area contributed by atoms with Gasteiger partial charge in [0, 0.05) is 16.3 Å². The molecule has 0 saturated carbocycles. The highest BCUT2D eigenvalue weighted by Crippen LogP contribution is 2.27. The molecule has 1 heterocycles. The molecule has 26 heavy (non-hydrogen) atoms. The average molecular weight is 397 g/mol. The molecule has 1 unspecified atom stereocenters. The third-order valence-electron chi connectivity index (χ3n) is 3.30. The molecule has 0 aliphatic rings. The van der Waals surface area contributed by atoms with E-state index in [1.165, 1.54) is 12.1 Å². The SMILES string of the molecule is CCOC(=O)NC(=O)c1ccsc1NC(=O)C(N)c1ccc(Cl)cc1N. The normalized spacial score (nSPS) is 11.5. The van der Waals surface area contributed by atoms with Crippen LogP contribution in [-0.4, -0.2) is 24.5 Å². The number of nitrogens with one attached hydrogen (secondary N) is 2. The summed E-state index contributed by atoms with van der Waals surface area (Å²) in [5, 5.41) is 6.90. The van der Waals surface area contributed by atoms with Crippen molar-refractivity contribution in [2.45, 2.75) is 13.0 Å². The van der Waals surface area contributed by atoms with E-state index in [-0.39, 0.29) is 22.9 Å². The Bertz CT molecular complexity index is 839. The lowest BCUT2D eigenvalue weighted by molar-refractivity contribution is -0.117. The topological polar surface area (TPSA) is 137 Å². The molecule has 8 nitrogen and oxygen atoms in total. The van der Waals surface area contributed by atoms with Gasteiger partial charge in [-0.1, -0.05) is 17.7 Å². The highest BCUT2D eigenvalue weighted by atomic mass is 35.5. The maximum absolute atomic E-state index is 12.4. The Hall–Kier alpha value is -2.62. The minimum Gasteiger partial charge on any atom is -0.450 e. The second kappa shape index (κ2) is 8.65. The first-order chi connectivity index (χ1) is 12.3. The van der Waals surface area contributed by atoms with Crippen molar-refractivity contribution < 1.29 is 19.1 Å². The number of carbonyl (C=O) groups is 3. The van der Waals surface area contributed by atoms with E-state index in [1.807, 2.05) is 0 Å². The lowest BCUT2D eigenvalue weighted by Crippen LogP contribution is -2.32. The second-order valence-corrected chi connectivity index (χ2v) is 6.43. The zero-order valence-corrected chi connectivity index (χ0v) is 15.3. The Kier molecular flexibility index (Phi) is 6.56. The summed E-state index contributed by atoms with van der Waals surface area (Å²) < 4.78 is 4.65. The zero-order valence-electron chi connectivity index (χ0n) is 13.7. The lowest BCUT2D eigenvalue weighted by Gasteiger charge is -2.15. The first-order valence-corrected chi connectivity index (χ1v) is 8.76. The number of hydrogen-bond acceptors (Lipinski definition) is 7. The van der Waals surface area contributed by atoms with E-state index in [1.54, 1.807) is 24.4 Å². The third-order valence-corrected chi connectivity index (χ3v) is 4.37. The van der Waals surface area contributed by atoms with Gasteiger partial charge in [-0.25, -0.2) is 4.79 Å². The number of nitrogens with two attached hydrogens (primary N) is 2. The van der Waals surface area contributed by atoms with Crippen molar-refractivity contribution in [2.75, 3.05) is 17.7 Å². The van der Waals surface area contributed by atoms with Gasteiger partial charge in [0.2, 0.25) is 5.91 Å². The Morgan fingerprint density at radius 3 is 2.69 bits per heavy atom. The van der Waals surface area contributed by atoms with E-state index in [9.17, 15) is 14.4 Å². The van der Waals surface area contributed by atoms with Crippen LogP contribution in [0.1, 0.15) is 28.9 Å². The Balaban J connectivity index is 2.11. The van der Waals surface area contributed by atoms with Crippen molar-refractivity contribution >= 4 is 51.5 Å². The standard InChI is InChI=1S/C16H17ClN4O4S/c1-2-25-16(24)21-13(22)10-5-6-26-15(10)20-14(23)12(19)9-4-3-8(17)7-11(9)18/h3-7,12H,2,18-19H2,1H3,(H,20,23)(H,21,22,24). The van der Waals surface area contributed by atoms with Crippen molar-refractivity contribution in [2.24, 2.45) is 5.73 Å². The van der Waals surface area contributed by atoms with Crippen molar-refractivity contribution in [1.29, 1.82) is 0 Å². The van der Waals surface area contributed by atoms with Crippen LogP contribution >= 0.6 is 22.9 Å². The summed E-state index contributed by atoms with van der Waals surface area (Å²) in [6.07, 6.45) is -0.869. The van der Waals surface area contributed by atoms with Crippen molar-refractivity contribution in [3.05, 3.63) is 45.8 Å². The number of amides is 3.